The van der Waals surface area contributed by atoms with Crippen LogP contribution in [0.25, 0.3) is 0 Å². The van der Waals surface area contributed by atoms with Gasteiger partial charge >= 0.3 is 0 Å². The normalized spacial score (nSPS) is 10.0. The molecule has 112 valence electrons. The molecule has 2 heteroatoms. The van der Waals surface area contributed by atoms with Gasteiger partial charge in [0.2, 0.25) is 0 Å². The lowest BCUT2D eigenvalue weighted by molar-refractivity contribution is 0.162. The lowest BCUT2D eigenvalue weighted by Gasteiger charge is -2.00. The molecule has 0 amide bonds. The van der Waals surface area contributed by atoms with E-state index >= 15 is 0 Å². The fourth-order valence-electron chi connectivity index (χ4n) is 1.80. The molecule has 0 aromatic heterocycles. The third-order valence-electron chi connectivity index (χ3n) is 2.92. The van der Waals surface area contributed by atoms with Crippen LogP contribution in [0.4, 0.5) is 0 Å². The summed E-state index contributed by atoms with van der Waals surface area (Å²) in [5, 5.41) is 8.57. The van der Waals surface area contributed by atoms with Gasteiger partial charge in [0.15, 0.2) is 0 Å². The van der Waals surface area contributed by atoms with E-state index in [2.05, 4.69) is 6.92 Å². The zero-order valence-corrected chi connectivity index (χ0v) is 13.0. The molecule has 0 saturated carbocycles. The maximum absolute atomic E-state index is 8.57. The number of hydrogen-bond donors (Lipinski definition) is 1. The molecule has 0 spiro atoms. The van der Waals surface area contributed by atoms with Crippen molar-refractivity contribution < 1.29 is 9.84 Å². The first-order valence-corrected chi connectivity index (χ1v) is 8.01. The van der Waals surface area contributed by atoms with E-state index in [-0.39, 0.29) is 0 Å². The Balaban J connectivity index is 0. The summed E-state index contributed by atoms with van der Waals surface area (Å²) in [6, 6.07) is 0. The average molecular weight is 260 g/mol. The summed E-state index contributed by atoms with van der Waals surface area (Å²) in [7, 11) is 0. The Morgan fingerprint density at radius 1 is 0.611 bits per heavy atom. The molecule has 0 bridgehead atoms. The van der Waals surface area contributed by atoms with Gasteiger partial charge in [-0.05, 0) is 20.3 Å². The van der Waals surface area contributed by atoms with Crippen LogP contribution in [0.1, 0.15) is 85.0 Å². The number of rotatable bonds is 12. The van der Waals surface area contributed by atoms with Crippen LogP contribution in [0.5, 0.6) is 0 Å². The Kier molecular flexibility index (Phi) is 24.9. The molecule has 0 aliphatic carbocycles. The summed E-state index contributed by atoms with van der Waals surface area (Å²) in [4.78, 5) is 0. The maximum atomic E-state index is 8.57. The fraction of sp³-hybridized carbons (Fsp3) is 1.00. The minimum absolute atomic E-state index is 0.372. The largest absolute Gasteiger partial charge is 0.396 e. The van der Waals surface area contributed by atoms with Crippen LogP contribution >= 0.6 is 0 Å². The Labute approximate surface area is 115 Å². The van der Waals surface area contributed by atoms with Gasteiger partial charge in [0.05, 0.1) is 0 Å². The number of aliphatic hydroxyl groups is 1. The summed E-state index contributed by atoms with van der Waals surface area (Å²) < 4.78 is 4.83. The molecule has 0 atom stereocenters. The van der Waals surface area contributed by atoms with Crippen LogP contribution < -0.4 is 0 Å². The van der Waals surface area contributed by atoms with Gasteiger partial charge in [0.25, 0.3) is 0 Å². The molecule has 18 heavy (non-hydrogen) atoms. The quantitative estimate of drug-likeness (QED) is 0.503. The first-order chi connectivity index (χ1) is 8.83. The van der Waals surface area contributed by atoms with Gasteiger partial charge in [-0.15, -0.1) is 0 Å². The molecule has 2 nitrogen and oxygen atoms in total. The molecule has 1 N–H and O–H groups in total. The molecule has 0 aromatic rings. The Hall–Kier alpha value is -0.0800. The van der Waals surface area contributed by atoms with Crippen molar-refractivity contribution in [2.24, 2.45) is 0 Å². The highest BCUT2D eigenvalue weighted by Gasteiger charge is 1.91. The topological polar surface area (TPSA) is 29.5 Å². The maximum Gasteiger partial charge on any atom is 0.0437 e. The van der Waals surface area contributed by atoms with Gasteiger partial charge in [-0.2, -0.15) is 0 Å². The van der Waals surface area contributed by atoms with E-state index in [4.69, 9.17) is 9.84 Å². The Morgan fingerprint density at radius 3 is 1.28 bits per heavy atom. The van der Waals surface area contributed by atoms with Gasteiger partial charge < -0.3 is 9.84 Å². The van der Waals surface area contributed by atoms with E-state index < -0.39 is 0 Å². The fourth-order valence-corrected chi connectivity index (χ4v) is 1.80. The molecule has 0 aliphatic heterocycles. The minimum Gasteiger partial charge on any atom is -0.396 e. The molecular weight excluding hydrogens is 224 g/mol. The monoisotopic (exact) mass is 260 g/mol. The van der Waals surface area contributed by atoms with E-state index in [0.717, 1.165) is 19.6 Å². The van der Waals surface area contributed by atoms with E-state index in [0.29, 0.717) is 6.61 Å². The zero-order valence-electron chi connectivity index (χ0n) is 13.0. The molecule has 0 fully saturated rings. The van der Waals surface area contributed by atoms with E-state index in [1.54, 1.807) is 0 Å². The van der Waals surface area contributed by atoms with E-state index in [9.17, 15) is 0 Å². The molecule has 0 unspecified atom stereocenters. The molecule has 0 heterocycles. The van der Waals surface area contributed by atoms with Crippen molar-refractivity contribution in [2.75, 3.05) is 19.8 Å². The summed E-state index contributed by atoms with van der Waals surface area (Å²) in [6.45, 7) is 8.30. The third-order valence-corrected chi connectivity index (χ3v) is 2.92. The van der Waals surface area contributed by atoms with Crippen LogP contribution in [0.2, 0.25) is 0 Å². The van der Waals surface area contributed by atoms with Crippen LogP contribution in [0.15, 0.2) is 0 Å². The molecule has 0 aliphatic rings. The second-order valence-electron chi connectivity index (χ2n) is 4.69. The van der Waals surface area contributed by atoms with Crippen molar-refractivity contribution in [3.8, 4) is 0 Å². The summed E-state index contributed by atoms with van der Waals surface area (Å²) in [5.74, 6) is 0. The second kappa shape index (κ2) is 22.1. The van der Waals surface area contributed by atoms with Crippen LogP contribution in [0.3, 0.4) is 0 Å². The number of ether oxygens (including phenoxy) is 1. The number of hydrogen-bond acceptors (Lipinski definition) is 2. The van der Waals surface area contributed by atoms with Crippen molar-refractivity contribution in [3.05, 3.63) is 0 Å². The SMILES string of the molecule is CCCCCCCCCCCCO.CCOCC. The number of aliphatic hydroxyl groups excluding tert-OH is 1. The molecule has 0 rings (SSSR count). The Bertz CT molecular complexity index is 104. The molecular formula is C16H36O2. The second-order valence-corrected chi connectivity index (χ2v) is 4.69. The molecule has 0 saturated heterocycles. The lowest BCUT2D eigenvalue weighted by Crippen LogP contribution is -1.84. The van der Waals surface area contributed by atoms with Gasteiger partial charge in [-0.25, -0.2) is 0 Å². The highest BCUT2D eigenvalue weighted by Crippen LogP contribution is 2.09. The van der Waals surface area contributed by atoms with Crippen molar-refractivity contribution >= 4 is 0 Å². The van der Waals surface area contributed by atoms with Crippen molar-refractivity contribution in [3.63, 3.8) is 0 Å². The highest BCUT2D eigenvalue weighted by molar-refractivity contribution is 4.46. The lowest BCUT2D eigenvalue weighted by atomic mass is 10.1. The third kappa shape index (κ3) is 24.9. The zero-order chi connectivity index (χ0) is 13.9. The van der Waals surface area contributed by atoms with Crippen molar-refractivity contribution in [1.29, 1.82) is 0 Å². The van der Waals surface area contributed by atoms with E-state index in [1.165, 1.54) is 57.8 Å². The van der Waals surface area contributed by atoms with Crippen LogP contribution in [-0.4, -0.2) is 24.9 Å². The summed E-state index contributed by atoms with van der Waals surface area (Å²) in [5.41, 5.74) is 0. The van der Waals surface area contributed by atoms with Gasteiger partial charge in [-0.3, -0.25) is 0 Å². The molecule has 0 aromatic carbocycles. The highest BCUT2D eigenvalue weighted by atomic mass is 16.5. The summed E-state index contributed by atoms with van der Waals surface area (Å²) >= 11 is 0. The van der Waals surface area contributed by atoms with E-state index in [1.807, 2.05) is 13.8 Å². The van der Waals surface area contributed by atoms with Gasteiger partial charge in [0.1, 0.15) is 0 Å². The van der Waals surface area contributed by atoms with Crippen molar-refractivity contribution in [1.82, 2.24) is 0 Å². The van der Waals surface area contributed by atoms with Crippen molar-refractivity contribution in [2.45, 2.75) is 85.0 Å². The molecule has 0 radical (unpaired) electrons. The first kappa shape index (κ1) is 20.2. The summed E-state index contributed by atoms with van der Waals surface area (Å²) in [6.07, 6.45) is 13.3. The number of unbranched alkanes of at least 4 members (excludes halogenated alkanes) is 9. The van der Waals surface area contributed by atoms with Crippen LogP contribution in [-0.2, 0) is 4.74 Å². The predicted molar refractivity (Wildman–Crippen MR) is 81.1 cm³/mol. The smallest absolute Gasteiger partial charge is 0.0437 e. The van der Waals surface area contributed by atoms with Gasteiger partial charge in [0, 0.05) is 19.8 Å². The van der Waals surface area contributed by atoms with Gasteiger partial charge in [-0.1, -0.05) is 64.7 Å². The predicted octanol–water partition coefficient (Wildman–Crippen LogP) is 4.94. The van der Waals surface area contributed by atoms with Crippen LogP contribution in [0, 0.1) is 0 Å². The standard InChI is InChI=1S/C12H26O.C4H10O/c1-2-3-4-5-6-7-8-9-10-11-12-13;1-3-5-4-2/h13H,2-12H2,1H3;3-4H2,1-2H3. The minimum atomic E-state index is 0.372. The average Bonchev–Trinajstić information content (AvgIpc) is 2.39. The first-order valence-electron chi connectivity index (χ1n) is 8.01. The Morgan fingerprint density at radius 2 is 1.00 bits per heavy atom.